The zero-order valence-electron chi connectivity index (χ0n) is 18.8. The van der Waals surface area contributed by atoms with Crippen LogP contribution in [0.2, 0.25) is 0 Å². The summed E-state index contributed by atoms with van der Waals surface area (Å²) in [5.74, 6) is -1.40. The molecule has 0 radical (unpaired) electrons. The van der Waals surface area contributed by atoms with Crippen LogP contribution in [-0.2, 0) is 9.53 Å². The number of hydrogen-bond acceptors (Lipinski definition) is 7. The molecule has 1 aromatic carbocycles. The maximum absolute atomic E-state index is 14.0. The van der Waals surface area contributed by atoms with Gasteiger partial charge in [0.15, 0.2) is 0 Å². The number of carbonyl (C=O) groups excluding carboxylic acids is 1. The zero-order valence-corrected chi connectivity index (χ0v) is 18.8. The molecule has 3 unspecified atom stereocenters. The molecule has 1 saturated heterocycles. The van der Waals surface area contributed by atoms with Crippen molar-refractivity contribution in [2.45, 2.75) is 68.9 Å². The van der Waals surface area contributed by atoms with Crippen molar-refractivity contribution >= 4 is 11.5 Å². The lowest BCUT2D eigenvalue weighted by atomic mass is 9.86. The first-order valence-electron chi connectivity index (χ1n) is 11.3. The van der Waals surface area contributed by atoms with Crippen LogP contribution in [0.1, 0.15) is 61.8 Å². The summed E-state index contributed by atoms with van der Waals surface area (Å²) in [5.41, 5.74) is 3.31. The molecule has 3 heterocycles. The quantitative estimate of drug-likeness (QED) is 0.697. The number of fused-ring (bicyclic) bond motifs is 1. The number of aromatic nitrogens is 2. The number of nitrogens with zero attached hydrogens (tertiary/aromatic N) is 3. The van der Waals surface area contributed by atoms with E-state index in [2.05, 4.69) is 20.9 Å². The van der Waals surface area contributed by atoms with Gasteiger partial charge in [0.05, 0.1) is 17.9 Å². The lowest BCUT2D eigenvalue weighted by Gasteiger charge is -2.34. The summed E-state index contributed by atoms with van der Waals surface area (Å²) in [7, 11) is 1.64. The average molecular weight is 477 g/mol. The third-order valence-electron chi connectivity index (χ3n) is 6.94. The molecule has 1 aromatic heterocycles. The second kappa shape index (κ2) is 8.70. The van der Waals surface area contributed by atoms with Gasteiger partial charge in [0, 0.05) is 12.8 Å². The number of hydrazine groups is 1. The minimum atomic E-state index is -4.57. The zero-order chi connectivity index (χ0) is 24.0. The van der Waals surface area contributed by atoms with E-state index in [1.165, 1.54) is 0 Å². The molecule has 3 aliphatic rings. The van der Waals surface area contributed by atoms with Crippen molar-refractivity contribution in [3.63, 3.8) is 0 Å². The summed E-state index contributed by atoms with van der Waals surface area (Å²) < 4.78 is 53.4. The minimum Gasteiger partial charge on any atom is -0.420 e. The van der Waals surface area contributed by atoms with Gasteiger partial charge in [0.2, 0.25) is 5.89 Å². The van der Waals surface area contributed by atoms with E-state index in [4.69, 9.17) is 9.15 Å². The Morgan fingerprint density at radius 1 is 1.15 bits per heavy atom. The van der Waals surface area contributed by atoms with Crippen LogP contribution in [0.4, 0.5) is 13.2 Å². The molecule has 2 fully saturated rings. The van der Waals surface area contributed by atoms with E-state index in [1.807, 2.05) is 0 Å². The van der Waals surface area contributed by atoms with E-state index in [1.54, 1.807) is 44.4 Å². The molecule has 2 aliphatic heterocycles. The predicted octanol–water partition coefficient (Wildman–Crippen LogP) is 3.46. The number of amides is 1. The van der Waals surface area contributed by atoms with E-state index in [0.29, 0.717) is 17.2 Å². The topological polar surface area (TPSA) is 92.5 Å². The molecular weight excluding hydrogens is 451 g/mol. The Morgan fingerprint density at radius 3 is 2.59 bits per heavy atom. The number of carbonyl (C=O) groups is 1. The van der Waals surface area contributed by atoms with E-state index in [9.17, 15) is 18.0 Å². The molecule has 1 aliphatic carbocycles. The van der Waals surface area contributed by atoms with Crippen molar-refractivity contribution in [3.05, 3.63) is 53.4 Å². The minimum absolute atomic E-state index is 0.0163. The number of halogens is 3. The predicted molar refractivity (Wildman–Crippen MR) is 115 cm³/mol. The summed E-state index contributed by atoms with van der Waals surface area (Å²) in [6.07, 6.45) is -1.80. The van der Waals surface area contributed by atoms with E-state index >= 15 is 0 Å². The molecule has 0 spiro atoms. The normalized spacial score (nSPS) is 29.9. The van der Waals surface area contributed by atoms with Crippen LogP contribution in [0.3, 0.4) is 0 Å². The molecule has 2 N–H and O–H groups in total. The second-order valence-electron chi connectivity index (χ2n) is 8.96. The van der Waals surface area contributed by atoms with E-state index < -0.39 is 30.2 Å². The van der Waals surface area contributed by atoms with Gasteiger partial charge in [0.25, 0.3) is 11.8 Å². The maximum atomic E-state index is 14.0. The summed E-state index contributed by atoms with van der Waals surface area (Å²) in [4.78, 5) is 13.4. The number of nitrogens with one attached hydrogen (secondary N) is 2. The highest BCUT2D eigenvalue weighted by atomic mass is 19.4. The third-order valence-corrected chi connectivity index (χ3v) is 6.94. The largest absolute Gasteiger partial charge is 0.420 e. The van der Waals surface area contributed by atoms with Gasteiger partial charge in [-0.1, -0.05) is 43.2 Å². The summed E-state index contributed by atoms with van der Waals surface area (Å²) in [6, 6.07) is 6.44. The highest BCUT2D eigenvalue weighted by molar-refractivity contribution is 6.19. The Hall–Kier alpha value is -2.92. The summed E-state index contributed by atoms with van der Waals surface area (Å²) in [6.45, 7) is 1.63. The summed E-state index contributed by atoms with van der Waals surface area (Å²) in [5, 5.41) is 12.3. The number of allylic oxidation sites excluding steroid dienone is 1. The van der Waals surface area contributed by atoms with Crippen LogP contribution in [0, 0.1) is 0 Å². The van der Waals surface area contributed by atoms with Crippen LogP contribution in [0.25, 0.3) is 5.57 Å². The van der Waals surface area contributed by atoms with Crippen molar-refractivity contribution in [2.24, 2.45) is 0 Å². The van der Waals surface area contributed by atoms with Gasteiger partial charge in [-0.25, -0.2) is 10.4 Å². The standard InChI is InChI=1S/C23H26F3N5O3/c1-12-16(21-29-28-20(34-21)14-10-6-7-11-15(14)33-2)22(32)31-19(27-12)17(13-8-4-3-5-9-13)18(30-31)23(24,25)26/h3-5,8-9,14-15,17-19,27,30H,6-7,10-11H2,1-2H3/t14-,15-,17?,18?,19?/m1/s1. The van der Waals surface area contributed by atoms with Crippen LogP contribution >= 0.6 is 0 Å². The monoisotopic (exact) mass is 477 g/mol. The summed E-state index contributed by atoms with van der Waals surface area (Å²) >= 11 is 0. The molecule has 34 heavy (non-hydrogen) atoms. The molecule has 0 bridgehead atoms. The molecule has 11 heteroatoms. The fourth-order valence-electron chi connectivity index (χ4n) is 5.29. The fraction of sp³-hybridized carbons (Fsp3) is 0.522. The molecule has 5 atom stereocenters. The number of ether oxygens (including phenoxy) is 1. The average Bonchev–Trinajstić information content (AvgIpc) is 3.45. The third kappa shape index (κ3) is 3.86. The van der Waals surface area contributed by atoms with Gasteiger partial charge in [-0.3, -0.25) is 4.79 Å². The fourth-order valence-corrected chi connectivity index (χ4v) is 5.29. The van der Waals surface area contributed by atoms with Crippen molar-refractivity contribution in [2.75, 3.05) is 7.11 Å². The Bertz CT molecular complexity index is 1090. The highest BCUT2D eigenvalue weighted by Crippen LogP contribution is 2.42. The number of alkyl halides is 3. The van der Waals surface area contributed by atoms with E-state index in [-0.39, 0.29) is 23.5 Å². The van der Waals surface area contributed by atoms with Crippen LogP contribution in [0.5, 0.6) is 0 Å². The molecule has 2 aromatic rings. The van der Waals surface area contributed by atoms with Crippen LogP contribution in [-0.4, -0.2) is 52.7 Å². The number of hydrogen-bond donors (Lipinski definition) is 2. The maximum Gasteiger partial charge on any atom is 0.406 e. The van der Waals surface area contributed by atoms with Gasteiger partial charge in [0.1, 0.15) is 17.8 Å². The Kier molecular flexibility index (Phi) is 5.85. The van der Waals surface area contributed by atoms with E-state index in [0.717, 1.165) is 30.7 Å². The van der Waals surface area contributed by atoms with Crippen molar-refractivity contribution in [1.82, 2.24) is 25.9 Å². The van der Waals surface area contributed by atoms with Gasteiger partial charge in [-0.05, 0) is 25.3 Å². The molecule has 1 saturated carbocycles. The molecule has 5 rings (SSSR count). The number of methoxy groups -OCH3 is 1. The van der Waals surface area contributed by atoms with Gasteiger partial charge < -0.3 is 14.5 Å². The van der Waals surface area contributed by atoms with Gasteiger partial charge >= 0.3 is 6.18 Å². The van der Waals surface area contributed by atoms with Gasteiger partial charge in [-0.2, -0.15) is 13.2 Å². The first-order chi connectivity index (χ1) is 16.3. The van der Waals surface area contributed by atoms with Crippen LogP contribution < -0.4 is 10.7 Å². The molecule has 1 amide bonds. The smallest absolute Gasteiger partial charge is 0.406 e. The van der Waals surface area contributed by atoms with Gasteiger partial charge in [-0.15, -0.1) is 10.2 Å². The molecule has 8 nitrogen and oxygen atoms in total. The number of benzene rings is 1. The molecular formula is C23H26F3N5O3. The Balaban J connectivity index is 1.47. The SMILES string of the molecule is CO[C@@H]1CCCC[C@H]1c1nnc(C2=C(C)NC3C(c4ccccc4)C(C(F)(F)F)NN3C2=O)o1. The Labute approximate surface area is 194 Å². The van der Waals surface area contributed by atoms with Crippen molar-refractivity contribution in [1.29, 1.82) is 0 Å². The molecule has 182 valence electrons. The Morgan fingerprint density at radius 2 is 1.88 bits per heavy atom. The lowest BCUT2D eigenvalue weighted by molar-refractivity contribution is -0.161. The highest BCUT2D eigenvalue weighted by Gasteiger charge is 2.58. The van der Waals surface area contributed by atoms with Crippen molar-refractivity contribution in [3.8, 4) is 0 Å². The first kappa shape index (κ1) is 22.9. The number of rotatable bonds is 4. The lowest BCUT2D eigenvalue weighted by Crippen LogP contribution is -2.54. The van der Waals surface area contributed by atoms with Crippen LogP contribution in [0.15, 0.2) is 40.4 Å². The second-order valence-corrected chi connectivity index (χ2v) is 8.96. The van der Waals surface area contributed by atoms with Crippen molar-refractivity contribution < 1.29 is 27.1 Å². The first-order valence-corrected chi connectivity index (χ1v) is 11.3.